The lowest BCUT2D eigenvalue weighted by atomic mass is 10.2. The molecule has 1 saturated heterocycles. The fraction of sp³-hybridized carbons (Fsp3) is 0.267. The number of amides is 1. The number of ether oxygens (including phenoxy) is 1. The van der Waals surface area contributed by atoms with Gasteiger partial charge in [0.1, 0.15) is 6.10 Å². The average Bonchev–Trinajstić information content (AvgIpc) is 3.07. The van der Waals surface area contributed by atoms with Crippen molar-refractivity contribution in [1.29, 1.82) is 0 Å². The maximum atomic E-state index is 11.9. The largest absolute Gasteiger partial charge is 0.368 e. The van der Waals surface area contributed by atoms with E-state index in [1.54, 1.807) is 30.3 Å². The molecule has 6 nitrogen and oxygen atoms in total. The number of carbonyl (C=O) groups excluding carboxylic acids is 1. The summed E-state index contributed by atoms with van der Waals surface area (Å²) in [6.45, 7) is 0.618. The van der Waals surface area contributed by atoms with E-state index in [0.29, 0.717) is 34.0 Å². The van der Waals surface area contributed by atoms with Crippen LogP contribution in [-0.2, 0) is 9.53 Å². The van der Waals surface area contributed by atoms with E-state index in [4.69, 9.17) is 27.9 Å². The van der Waals surface area contributed by atoms with E-state index in [2.05, 4.69) is 20.8 Å². The predicted octanol–water partition coefficient (Wildman–Crippen LogP) is 3.64. The van der Waals surface area contributed by atoms with Crippen LogP contribution in [0.4, 0.5) is 17.3 Å². The van der Waals surface area contributed by atoms with Crippen LogP contribution >= 0.6 is 23.2 Å². The average molecular weight is 353 g/mol. The van der Waals surface area contributed by atoms with Gasteiger partial charge < -0.3 is 15.4 Å². The highest BCUT2D eigenvalue weighted by molar-refractivity contribution is 6.35. The Morgan fingerprint density at radius 2 is 1.96 bits per heavy atom. The van der Waals surface area contributed by atoms with Crippen LogP contribution in [0.5, 0.6) is 0 Å². The van der Waals surface area contributed by atoms with Crippen molar-refractivity contribution < 1.29 is 9.53 Å². The Kier molecular flexibility index (Phi) is 4.95. The van der Waals surface area contributed by atoms with Crippen molar-refractivity contribution in [1.82, 2.24) is 10.2 Å². The number of hydrogen-bond donors (Lipinski definition) is 2. The standard InChI is InChI=1S/C15H14Cl2N4O2/c16-9-3-4-10(17)11(8-9)18-13-5-6-14(21-20-13)19-15(22)12-2-1-7-23-12/h3-6,8,12H,1-2,7H2,(H,18,20)(H,19,21,22). The van der Waals surface area contributed by atoms with E-state index in [1.165, 1.54) is 0 Å². The van der Waals surface area contributed by atoms with Gasteiger partial charge in [-0.2, -0.15) is 0 Å². The van der Waals surface area contributed by atoms with E-state index in [1.807, 2.05) is 0 Å². The molecule has 1 atom stereocenters. The molecule has 1 aliphatic rings. The second-order valence-corrected chi connectivity index (χ2v) is 5.89. The molecule has 2 N–H and O–H groups in total. The van der Waals surface area contributed by atoms with Crippen LogP contribution in [0.1, 0.15) is 12.8 Å². The lowest BCUT2D eigenvalue weighted by Gasteiger charge is -2.10. The fourth-order valence-corrected chi connectivity index (χ4v) is 2.52. The molecule has 2 heterocycles. The Hall–Kier alpha value is -1.89. The van der Waals surface area contributed by atoms with Crippen molar-refractivity contribution in [3.8, 4) is 0 Å². The highest BCUT2D eigenvalue weighted by atomic mass is 35.5. The predicted molar refractivity (Wildman–Crippen MR) is 89.4 cm³/mol. The molecule has 0 aliphatic carbocycles. The number of hydrogen-bond acceptors (Lipinski definition) is 5. The Morgan fingerprint density at radius 1 is 1.17 bits per heavy atom. The SMILES string of the molecule is O=C(Nc1ccc(Nc2cc(Cl)ccc2Cl)nn1)C1CCCO1. The summed E-state index contributed by atoms with van der Waals surface area (Å²) in [4.78, 5) is 11.9. The molecule has 8 heteroatoms. The molecule has 0 spiro atoms. The quantitative estimate of drug-likeness (QED) is 0.878. The molecule has 0 radical (unpaired) electrons. The lowest BCUT2D eigenvalue weighted by molar-refractivity contribution is -0.124. The summed E-state index contributed by atoms with van der Waals surface area (Å²) >= 11 is 12.0. The smallest absolute Gasteiger partial charge is 0.254 e. The summed E-state index contributed by atoms with van der Waals surface area (Å²) in [6, 6.07) is 8.43. The monoisotopic (exact) mass is 352 g/mol. The molecule has 1 fully saturated rings. The minimum atomic E-state index is -0.403. The van der Waals surface area contributed by atoms with Gasteiger partial charge in [0, 0.05) is 11.6 Å². The van der Waals surface area contributed by atoms with Crippen molar-refractivity contribution in [3.05, 3.63) is 40.4 Å². The van der Waals surface area contributed by atoms with Gasteiger partial charge in [0.05, 0.1) is 10.7 Å². The summed E-state index contributed by atoms with van der Waals surface area (Å²) in [5.74, 6) is 0.660. The van der Waals surface area contributed by atoms with Crippen LogP contribution in [0, 0.1) is 0 Å². The molecule has 1 aromatic heterocycles. The summed E-state index contributed by atoms with van der Waals surface area (Å²) < 4.78 is 5.31. The number of carbonyl (C=O) groups is 1. The first kappa shape index (κ1) is 16.0. The number of nitrogens with zero attached hydrogens (tertiary/aromatic N) is 2. The first-order valence-corrected chi connectivity index (χ1v) is 7.86. The van der Waals surface area contributed by atoms with Crippen LogP contribution in [0.2, 0.25) is 10.0 Å². The van der Waals surface area contributed by atoms with E-state index in [0.717, 1.165) is 12.8 Å². The van der Waals surface area contributed by atoms with Gasteiger partial charge in [0.15, 0.2) is 11.6 Å². The van der Waals surface area contributed by atoms with Crippen LogP contribution in [0.3, 0.4) is 0 Å². The first-order valence-electron chi connectivity index (χ1n) is 7.10. The van der Waals surface area contributed by atoms with Gasteiger partial charge in [0.2, 0.25) is 0 Å². The summed E-state index contributed by atoms with van der Waals surface area (Å²) in [5, 5.41) is 14.8. The number of aromatic nitrogens is 2. The summed E-state index contributed by atoms with van der Waals surface area (Å²) in [5.41, 5.74) is 0.629. The van der Waals surface area contributed by atoms with Crippen molar-refractivity contribution in [3.63, 3.8) is 0 Å². The molecular formula is C15H14Cl2N4O2. The third-order valence-electron chi connectivity index (χ3n) is 3.33. The second kappa shape index (κ2) is 7.12. The van der Waals surface area contributed by atoms with Crippen molar-refractivity contribution in [2.75, 3.05) is 17.2 Å². The second-order valence-electron chi connectivity index (χ2n) is 5.04. The lowest BCUT2D eigenvalue weighted by Crippen LogP contribution is -2.27. The highest BCUT2D eigenvalue weighted by Crippen LogP contribution is 2.27. The number of nitrogens with one attached hydrogen (secondary N) is 2. The summed E-state index contributed by atoms with van der Waals surface area (Å²) in [6.07, 6.45) is 1.22. The molecule has 1 amide bonds. The highest BCUT2D eigenvalue weighted by Gasteiger charge is 2.23. The minimum absolute atomic E-state index is 0.199. The molecule has 2 aromatic rings. The van der Waals surface area contributed by atoms with E-state index in [9.17, 15) is 4.79 Å². The molecular weight excluding hydrogens is 339 g/mol. The van der Waals surface area contributed by atoms with Crippen LogP contribution in [-0.4, -0.2) is 28.8 Å². The molecule has 3 rings (SSSR count). The number of rotatable bonds is 4. The maximum Gasteiger partial charge on any atom is 0.254 e. The number of benzene rings is 1. The van der Waals surface area contributed by atoms with Gasteiger partial charge in [-0.05, 0) is 43.2 Å². The first-order chi connectivity index (χ1) is 11.1. The Morgan fingerprint density at radius 3 is 2.65 bits per heavy atom. The third kappa shape index (κ3) is 4.10. The Balaban J connectivity index is 1.64. The van der Waals surface area contributed by atoms with Gasteiger partial charge in [-0.3, -0.25) is 4.79 Å². The van der Waals surface area contributed by atoms with Gasteiger partial charge >= 0.3 is 0 Å². The molecule has 1 aliphatic heterocycles. The Labute approximate surface area is 143 Å². The van der Waals surface area contributed by atoms with Crippen LogP contribution in [0.15, 0.2) is 30.3 Å². The molecule has 1 aromatic carbocycles. The van der Waals surface area contributed by atoms with Gasteiger partial charge in [-0.15, -0.1) is 10.2 Å². The topological polar surface area (TPSA) is 76.1 Å². The van der Waals surface area contributed by atoms with Gasteiger partial charge in [-0.1, -0.05) is 23.2 Å². The molecule has 1 unspecified atom stereocenters. The molecule has 120 valence electrons. The zero-order valence-electron chi connectivity index (χ0n) is 12.1. The normalized spacial score (nSPS) is 17.0. The Bertz CT molecular complexity index is 703. The maximum absolute atomic E-state index is 11.9. The zero-order chi connectivity index (χ0) is 16.2. The van der Waals surface area contributed by atoms with E-state index < -0.39 is 6.10 Å². The van der Waals surface area contributed by atoms with Crippen molar-refractivity contribution in [2.24, 2.45) is 0 Å². The van der Waals surface area contributed by atoms with E-state index in [-0.39, 0.29) is 5.91 Å². The third-order valence-corrected chi connectivity index (χ3v) is 3.89. The molecule has 23 heavy (non-hydrogen) atoms. The van der Waals surface area contributed by atoms with E-state index >= 15 is 0 Å². The minimum Gasteiger partial charge on any atom is -0.368 e. The number of halogens is 2. The molecule has 0 bridgehead atoms. The van der Waals surface area contributed by atoms with Crippen molar-refractivity contribution >= 4 is 46.4 Å². The van der Waals surface area contributed by atoms with Crippen molar-refractivity contribution in [2.45, 2.75) is 18.9 Å². The van der Waals surface area contributed by atoms with Gasteiger partial charge in [-0.25, -0.2) is 0 Å². The van der Waals surface area contributed by atoms with Crippen LogP contribution in [0.25, 0.3) is 0 Å². The molecule has 0 saturated carbocycles. The zero-order valence-corrected chi connectivity index (χ0v) is 13.6. The van der Waals surface area contributed by atoms with Gasteiger partial charge in [0.25, 0.3) is 5.91 Å². The number of anilines is 3. The van der Waals surface area contributed by atoms with Crippen LogP contribution < -0.4 is 10.6 Å². The fourth-order valence-electron chi connectivity index (χ4n) is 2.19. The summed E-state index contributed by atoms with van der Waals surface area (Å²) in [7, 11) is 0.